The Hall–Kier alpha value is -2.52. The van der Waals surface area contributed by atoms with Crippen LogP contribution in [0.2, 0.25) is 0 Å². The van der Waals surface area contributed by atoms with E-state index in [-0.39, 0.29) is 30.8 Å². The minimum atomic E-state index is -3.70. The maximum absolute atomic E-state index is 13.7. The Bertz CT molecular complexity index is 1200. The Morgan fingerprint density at radius 2 is 1.80 bits per heavy atom. The molecule has 2 heterocycles. The van der Waals surface area contributed by atoms with Gasteiger partial charge in [0.2, 0.25) is 15.9 Å². The number of sulfonamides is 1. The highest BCUT2D eigenvalue weighted by molar-refractivity contribution is 7.88. The molecule has 0 radical (unpaired) electrons. The third-order valence-electron chi connectivity index (χ3n) is 6.20. The number of amides is 1. The monoisotopic (exact) mass is 512 g/mol. The fraction of sp³-hybridized carbons (Fsp3) is 0.370. The first-order valence-electron chi connectivity index (χ1n) is 12.0. The van der Waals surface area contributed by atoms with E-state index in [1.165, 1.54) is 9.18 Å². The Kier molecular flexibility index (Phi) is 8.73. The van der Waals surface area contributed by atoms with Gasteiger partial charge in [-0.15, -0.1) is 11.3 Å². The van der Waals surface area contributed by atoms with Crippen molar-refractivity contribution in [2.24, 2.45) is 0 Å². The van der Waals surface area contributed by atoms with Crippen LogP contribution in [0, 0.1) is 0 Å². The molecule has 1 aliphatic heterocycles. The SMILES string of the molecule is CCOCCCN(CC(=O)N1CCc2sccc2C1c1ccccc1)S(=O)(=O)Cc1ccccc1. The van der Waals surface area contributed by atoms with Crippen molar-refractivity contribution in [2.75, 3.05) is 32.8 Å². The van der Waals surface area contributed by atoms with Crippen molar-refractivity contribution >= 4 is 27.3 Å². The summed E-state index contributed by atoms with van der Waals surface area (Å²) in [5, 5.41) is 2.07. The molecule has 3 aromatic rings. The summed E-state index contributed by atoms with van der Waals surface area (Å²) in [4.78, 5) is 16.8. The maximum atomic E-state index is 13.7. The molecule has 0 spiro atoms. The van der Waals surface area contributed by atoms with Gasteiger partial charge in [0.15, 0.2) is 0 Å². The largest absolute Gasteiger partial charge is 0.382 e. The van der Waals surface area contributed by atoms with Gasteiger partial charge in [-0.2, -0.15) is 4.31 Å². The Morgan fingerprint density at radius 3 is 2.51 bits per heavy atom. The van der Waals surface area contributed by atoms with E-state index in [4.69, 9.17) is 4.74 Å². The molecule has 1 amide bonds. The van der Waals surface area contributed by atoms with Crippen molar-refractivity contribution in [3.63, 3.8) is 0 Å². The number of carbonyl (C=O) groups is 1. The smallest absolute Gasteiger partial charge is 0.238 e. The number of thiophene rings is 1. The van der Waals surface area contributed by atoms with Crippen molar-refractivity contribution in [3.05, 3.63) is 93.7 Å². The molecule has 6 nitrogen and oxygen atoms in total. The second-order valence-electron chi connectivity index (χ2n) is 8.58. The van der Waals surface area contributed by atoms with Crippen LogP contribution in [0.3, 0.4) is 0 Å². The van der Waals surface area contributed by atoms with Crippen molar-refractivity contribution < 1.29 is 17.9 Å². The number of hydrogen-bond donors (Lipinski definition) is 0. The molecule has 1 atom stereocenters. The second kappa shape index (κ2) is 11.9. The van der Waals surface area contributed by atoms with Crippen molar-refractivity contribution in [3.8, 4) is 0 Å². The topological polar surface area (TPSA) is 66.9 Å². The summed E-state index contributed by atoms with van der Waals surface area (Å²) in [6.07, 6.45) is 1.31. The normalized spacial score (nSPS) is 15.8. The molecule has 0 aliphatic carbocycles. The van der Waals surface area contributed by atoms with E-state index >= 15 is 0 Å². The van der Waals surface area contributed by atoms with Gasteiger partial charge in [0.25, 0.3) is 0 Å². The number of benzene rings is 2. The van der Waals surface area contributed by atoms with Crippen LogP contribution < -0.4 is 0 Å². The van der Waals surface area contributed by atoms with Crippen molar-refractivity contribution in [2.45, 2.75) is 31.6 Å². The molecule has 0 bridgehead atoms. The van der Waals surface area contributed by atoms with Crippen LogP contribution in [0.25, 0.3) is 0 Å². The van der Waals surface area contributed by atoms with E-state index in [1.807, 2.05) is 60.4 Å². The number of nitrogens with zero attached hydrogens (tertiary/aromatic N) is 2. The third-order valence-corrected chi connectivity index (χ3v) is 8.99. The summed E-state index contributed by atoms with van der Waals surface area (Å²) in [6, 6.07) is 21.0. The van der Waals surface area contributed by atoms with Crippen molar-refractivity contribution in [1.29, 1.82) is 0 Å². The minimum Gasteiger partial charge on any atom is -0.382 e. The van der Waals surface area contributed by atoms with E-state index < -0.39 is 10.0 Å². The summed E-state index contributed by atoms with van der Waals surface area (Å²) in [5.74, 6) is -0.309. The summed E-state index contributed by atoms with van der Waals surface area (Å²) in [6.45, 7) is 3.57. The van der Waals surface area contributed by atoms with Crippen LogP contribution in [0.1, 0.15) is 41.0 Å². The Balaban J connectivity index is 1.57. The Labute approximate surface area is 212 Å². The highest BCUT2D eigenvalue weighted by atomic mass is 32.2. The summed E-state index contributed by atoms with van der Waals surface area (Å²) in [7, 11) is -3.70. The van der Waals surface area contributed by atoms with Gasteiger partial charge in [-0.25, -0.2) is 8.42 Å². The standard InChI is InChI=1S/C27H32N2O4S2/c1-2-33-18-9-16-28(35(31,32)21-22-10-5-3-6-11-22)20-26(30)29-17-14-25-24(15-19-34-25)27(29)23-12-7-4-8-13-23/h3-8,10-13,15,19,27H,2,9,14,16-18,20-21H2,1H3. The van der Waals surface area contributed by atoms with E-state index in [2.05, 4.69) is 11.4 Å². The van der Waals surface area contributed by atoms with Crippen LogP contribution in [0.4, 0.5) is 0 Å². The average molecular weight is 513 g/mol. The zero-order chi connectivity index (χ0) is 24.7. The van der Waals surface area contributed by atoms with Crippen LogP contribution in [-0.2, 0) is 31.7 Å². The number of hydrogen-bond acceptors (Lipinski definition) is 5. The van der Waals surface area contributed by atoms with Crippen LogP contribution in [-0.4, -0.2) is 56.4 Å². The molecule has 35 heavy (non-hydrogen) atoms. The quantitative estimate of drug-likeness (QED) is 0.355. The molecule has 0 saturated carbocycles. The van der Waals surface area contributed by atoms with Gasteiger partial charge in [-0.1, -0.05) is 60.7 Å². The van der Waals surface area contributed by atoms with E-state index in [0.29, 0.717) is 31.7 Å². The lowest BCUT2D eigenvalue weighted by atomic mass is 9.93. The van der Waals surface area contributed by atoms with Gasteiger partial charge in [0, 0.05) is 31.2 Å². The predicted molar refractivity (Wildman–Crippen MR) is 140 cm³/mol. The predicted octanol–water partition coefficient (Wildman–Crippen LogP) is 4.48. The van der Waals surface area contributed by atoms with Crippen LogP contribution >= 0.6 is 11.3 Å². The molecule has 1 aromatic heterocycles. The maximum Gasteiger partial charge on any atom is 0.238 e. The van der Waals surface area contributed by atoms with Crippen LogP contribution in [0.15, 0.2) is 72.1 Å². The number of rotatable bonds is 11. The third kappa shape index (κ3) is 6.38. The van der Waals surface area contributed by atoms with Gasteiger partial charge in [-0.3, -0.25) is 4.79 Å². The van der Waals surface area contributed by atoms with Gasteiger partial charge in [0.1, 0.15) is 0 Å². The van der Waals surface area contributed by atoms with E-state index in [0.717, 1.165) is 17.5 Å². The van der Waals surface area contributed by atoms with Gasteiger partial charge >= 0.3 is 0 Å². The van der Waals surface area contributed by atoms with E-state index in [1.54, 1.807) is 23.5 Å². The summed E-state index contributed by atoms with van der Waals surface area (Å²) >= 11 is 1.71. The zero-order valence-corrected chi connectivity index (χ0v) is 21.6. The molecular formula is C27H32N2O4S2. The molecule has 8 heteroatoms. The molecular weight excluding hydrogens is 480 g/mol. The molecule has 1 unspecified atom stereocenters. The molecule has 0 fully saturated rings. The van der Waals surface area contributed by atoms with Crippen molar-refractivity contribution in [1.82, 2.24) is 9.21 Å². The fourth-order valence-electron chi connectivity index (χ4n) is 4.50. The summed E-state index contributed by atoms with van der Waals surface area (Å²) in [5.41, 5.74) is 2.88. The van der Waals surface area contributed by atoms with Gasteiger partial charge in [-0.05, 0) is 47.9 Å². The first kappa shape index (κ1) is 25.6. The highest BCUT2D eigenvalue weighted by Gasteiger charge is 2.35. The van der Waals surface area contributed by atoms with Gasteiger partial charge < -0.3 is 9.64 Å². The lowest BCUT2D eigenvalue weighted by Gasteiger charge is -2.37. The highest BCUT2D eigenvalue weighted by Crippen LogP contribution is 2.37. The number of ether oxygens (including phenoxy) is 1. The Morgan fingerprint density at radius 1 is 1.09 bits per heavy atom. The molecule has 4 rings (SSSR count). The lowest BCUT2D eigenvalue weighted by Crippen LogP contribution is -2.47. The molecule has 2 aromatic carbocycles. The average Bonchev–Trinajstić information content (AvgIpc) is 3.35. The number of carbonyl (C=O) groups excluding carboxylic acids is 1. The first-order chi connectivity index (χ1) is 17.0. The second-order valence-corrected chi connectivity index (χ2v) is 11.5. The zero-order valence-electron chi connectivity index (χ0n) is 20.0. The molecule has 0 saturated heterocycles. The summed E-state index contributed by atoms with van der Waals surface area (Å²) < 4.78 is 33.6. The fourth-order valence-corrected chi connectivity index (χ4v) is 6.92. The minimum absolute atomic E-state index is 0.132. The molecule has 1 aliphatic rings. The van der Waals surface area contributed by atoms with Crippen LogP contribution in [0.5, 0.6) is 0 Å². The van der Waals surface area contributed by atoms with E-state index in [9.17, 15) is 13.2 Å². The van der Waals surface area contributed by atoms with Gasteiger partial charge in [0.05, 0.1) is 18.3 Å². The molecule has 0 N–H and O–H groups in total. The molecule has 186 valence electrons. The lowest BCUT2D eigenvalue weighted by molar-refractivity contribution is -0.133. The number of fused-ring (bicyclic) bond motifs is 1. The first-order valence-corrected chi connectivity index (χ1v) is 14.5.